The molecule has 0 saturated heterocycles. The summed E-state index contributed by atoms with van der Waals surface area (Å²) in [5.41, 5.74) is 0. The molecule has 1 amide bonds. The summed E-state index contributed by atoms with van der Waals surface area (Å²) in [7, 11) is 0. The first-order valence-electron chi connectivity index (χ1n) is 9.62. The number of carbonyl (C=O) groups is 1. The molecular formula is C19H39NO5. The molecule has 0 aromatic carbocycles. The van der Waals surface area contributed by atoms with E-state index in [9.17, 15) is 4.79 Å². The average Bonchev–Trinajstić information content (AvgIpc) is 2.57. The Hall–Kier alpha value is -0.690. The fraction of sp³-hybridized carbons (Fsp3) is 0.947. The van der Waals surface area contributed by atoms with Gasteiger partial charge in [0.2, 0.25) is 5.91 Å². The molecule has 0 aliphatic carbocycles. The van der Waals surface area contributed by atoms with E-state index >= 15 is 0 Å². The Kier molecular flexibility index (Phi) is 17.6. The normalized spacial score (nSPS) is 11.4. The topological polar surface area (TPSA) is 66.0 Å². The Bertz CT molecular complexity index is 298. The lowest BCUT2D eigenvalue weighted by Gasteiger charge is -2.09. The summed E-state index contributed by atoms with van der Waals surface area (Å²) in [5, 5.41) is 2.80. The van der Waals surface area contributed by atoms with E-state index in [1.807, 2.05) is 13.8 Å². The number of amides is 1. The van der Waals surface area contributed by atoms with Gasteiger partial charge in [-0.1, -0.05) is 40.5 Å². The number of nitrogens with one attached hydrogen (secondary N) is 1. The molecule has 0 fully saturated rings. The van der Waals surface area contributed by atoms with E-state index in [0.717, 1.165) is 18.9 Å². The molecule has 150 valence electrons. The SMILES string of the molecule is CC(C)CCCCOCCOCCOCCOCCNC(=O)C(C)C. The quantitative estimate of drug-likeness (QED) is 0.380. The van der Waals surface area contributed by atoms with Gasteiger partial charge in [0.05, 0.1) is 46.2 Å². The summed E-state index contributed by atoms with van der Waals surface area (Å²) in [4.78, 5) is 11.3. The molecule has 6 heteroatoms. The van der Waals surface area contributed by atoms with Crippen molar-refractivity contribution in [1.82, 2.24) is 5.32 Å². The van der Waals surface area contributed by atoms with Gasteiger partial charge >= 0.3 is 0 Å². The Labute approximate surface area is 153 Å². The summed E-state index contributed by atoms with van der Waals surface area (Å²) in [6.45, 7) is 13.5. The zero-order valence-electron chi connectivity index (χ0n) is 16.7. The standard InChI is InChI=1S/C19H39NO5/c1-17(2)7-5-6-9-22-11-13-24-15-16-25-14-12-23-10-8-20-19(21)18(3)4/h17-18H,5-16H2,1-4H3,(H,20,21). The third-order valence-electron chi connectivity index (χ3n) is 3.51. The Morgan fingerprint density at radius 1 is 0.720 bits per heavy atom. The van der Waals surface area contributed by atoms with Crippen molar-refractivity contribution in [2.24, 2.45) is 11.8 Å². The van der Waals surface area contributed by atoms with Gasteiger partial charge in [-0.15, -0.1) is 0 Å². The van der Waals surface area contributed by atoms with Crippen LogP contribution in [-0.2, 0) is 23.7 Å². The van der Waals surface area contributed by atoms with E-state index in [0.29, 0.717) is 52.8 Å². The van der Waals surface area contributed by atoms with Crippen LogP contribution < -0.4 is 5.32 Å². The van der Waals surface area contributed by atoms with Crippen molar-refractivity contribution in [1.29, 1.82) is 0 Å². The van der Waals surface area contributed by atoms with E-state index in [1.54, 1.807) is 0 Å². The molecule has 0 aromatic rings. The van der Waals surface area contributed by atoms with E-state index in [2.05, 4.69) is 19.2 Å². The average molecular weight is 362 g/mol. The van der Waals surface area contributed by atoms with Gasteiger partial charge in [0.1, 0.15) is 0 Å². The van der Waals surface area contributed by atoms with Crippen LogP contribution in [0.1, 0.15) is 47.0 Å². The second kappa shape index (κ2) is 18.1. The summed E-state index contributed by atoms with van der Waals surface area (Å²) in [5.74, 6) is 0.842. The first kappa shape index (κ1) is 24.3. The van der Waals surface area contributed by atoms with Crippen LogP contribution in [-0.4, -0.2) is 65.3 Å². The van der Waals surface area contributed by atoms with E-state index in [4.69, 9.17) is 18.9 Å². The number of rotatable bonds is 18. The van der Waals surface area contributed by atoms with Gasteiger partial charge in [0, 0.05) is 19.1 Å². The van der Waals surface area contributed by atoms with Crippen molar-refractivity contribution in [2.75, 3.05) is 59.4 Å². The summed E-state index contributed by atoms with van der Waals surface area (Å²) in [6, 6.07) is 0. The van der Waals surface area contributed by atoms with Gasteiger partial charge < -0.3 is 24.3 Å². The van der Waals surface area contributed by atoms with Crippen molar-refractivity contribution in [3.8, 4) is 0 Å². The van der Waals surface area contributed by atoms with Gasteiger partial charge in [-0.3, -0.25) is 4.79 Å². The van der Waals surface area contributed by atoms with Crippen LogP contribution in [0.15, 0.2) is 0 Å². The molecule has 1 N–H and O–H groups in total. The predicted octanol–water partition coefficient (Wildman–Crippen LogP) is 2.65. The molecule has 0 rings (SSSR count). The van der Waals surface area contributed by atoms with Crippen LogP contribution in [0.2, 0.25) is 0 Å². The first-order valence-corrected chi connectivity index (χ1v) is 9.62. The van der Waals surface area contributed by atoms with Crippen molar-refractivity contribution >= 4 is 5.91 Å². The lowest BCUT2D eigenvalue weighted by atomic mass is 10.1. The van der Waals surface area contributed by atoms with Crippen LogP contribution >= 0.6 is 0 Å². The lowest BCUT2D eigenvalue weighted by Crippen LogP contribution is -2.31. The number of hydrogen-bond donors (Lipinski definition) is 1. The fourth-order valence-electron chi connectivity index (χ4n) is 1.97. The third-order valence-corrected chi connectivity index (χ3v) is 3.51. The molecule has 0 aromatic heterocycles. The van der Waals surface area contributed by atoms with Crippen LogP contribution in [0.5, 0.6) is 0 Å². The number of unbranched alkanes of at least 4 members (excludes halogenated alkanes) is 1. The second-order valence-corrected chi connectivity index (χ2v) is 6.78. The van der Waals surface area contributed by atoms with Crippen molar-refractivity contribution < 1.29 is 23.7 Å². The molecule has 0 bridgehead atoms. The van der Waals surface area contributed by atoms with E-state index in [-0.39, 0.29) is 11.8 Å². The van der Waals surface area contributed by atoms with Crippen LogP contribution in [0.3, 0.4) is 0 Å². The maximum Gasteiger partial charge on any atom is 0.222 e. The monoisotopic (exact) mass is 361 g/mol. The molecule has 0 radical (unpaired) electrons. The summed E-state index contributed by atoms with van der Waals surface area (Å²) < 4.78 is 21.7. The molecular weight excluding hydrogens is 322 g/mol. The fourth-order valence-corrected chi connectivity index (χ4v) is 1.97. The molecule has 0 atom stereocenters. The van der Waals surface area contributed by atoms with Gasteiger partial charge in [-0.05, 0) is 12.3 Å². The second-order valence-electron chi connectivity index (χ2n) is 6.78. The Morgan fingerprint density at radius 2 is 1.20 bits per heavy atom. The zero-order chi connectivity index (χ0) is 18.8. The van der Waals surface area contributed by atoms with Crippen molar-refractivity contribution in [2.45, 2.75) is 47.0 Å². The molecule has 0 saturated carbocycles. The van der Waals surface area contributed by atoms with Crippen LogP contribution in [0, 0.1) is 11.8 Å². The largest absolute Gasteiger partial charge is 0.379 e. The summed E-state index contributed by atoms with van der Waals surface area (Å²) >= 11 is 0. The molecule has 0 spiro atoms. The molecule has 6 nitrogen and oxygen atoms in total. The highest BCUT2D eigenvalue weighted by Gasteiger charge is 2.04. The van der Waals surface area contributed by atoms with Gasteiger partial charge in [0.25, 0.3) is 0 Å². The Balaban J connectivity index is 3.06. The number of hydrogen-bond acceptors (Lipinski definition) is 5. The third kappa shape index (κ3) is 19.5. The van der Waals surface area contributed by atoms with Crippen molar-refractivity contribution in [3.63, 3.8) is 0 Å². The minimum Gasteiger partial charge on any atom is -0.379 e. The molecule has 25 heavy (non-hydrogen) atoms. The van der Waals surface area contributed by atoms with Crippen LogP contribution in [0.4, 0.5) is 0 Å². The highest BCUT2D eigenvalue weighted by atomic mass is 16.6. The highest BCUT2D eigenvalue weighted by molar-refractivity contribution is 5.77. The van der Waals surface area contributed by atoms with Gasteiger partial charge in [-0.25, -0.2) is 0 Å². The zero-order valence-corrected chi connectivity index (χ0v) is 16.7. The maximum absolute atomic E-state index is 11.3. The summed E-state index contributed by atoms with van der Waals surface area (Å²) in [6.07, 6.45) is 3.63. The first-order chi connectivity index (χ1) is 12.0. The molecule has 0 aliphatic rings. The minimum absolute atomic E-state index is 0.0126. The maximum atomic E-state index is 11.3. The van der Waals surface area contributed by atoms with Gasteiger partial charge in [0.15, 0.2) is 0 Å². The van der Waals surface area contributed by atoms with E-state index in [1.165, 1.54) is 12.8 Å². The highest BCUT2D eigenvalue weighted by Crippen LogP contribution is 2.05. The molecule has 0 aliphatic heterocycles. The number of ether oxygens (including phenoxy) is 4. The molecule has 0 unspecified atom stereocenters. The van der Waals surface area contributed by atoms with Crippen LogP contribution in [0.25, 0.3) is 0 Å². The number of carbonyl (C=O) groups excluding carboxylic acids is 1. The minimum atomic E-state index is 0.0126. The molecule has 0 heterocycles. The van der Waals surface area contributed by atoms with E-state index < -0.39 is 0 Å². The van der Waals surface area contributed by atoms with Crippen molar-refractivity contribution in [3.05, 3.63) is 0 Å². The predicted molar refractivity (Wildman–Crippen MR) is 99.8 cm³/mol. The Morgan fingerprint density at radius 3 is 1.68 bits per heavy atom. The lowest BCUT2D eigenvalue weighted by molar-refractivity contribution is -0.124. The van der Waals surface area contributed by atoms with Gasteiger partial charge in [-0.2, -0.15) is 0 Å². The smallest absolute Gasteiger partial charge is 0.222 e.